The maximum absolute atomic E-state index is 12.9. The highest BCUT2D eigenvalue weighted by molar-refractivity contribution is 7.14. The molecule has 2 aromatic rings. The van der Waals surface area contributed by atoms with E-state index in [9.17, 15) is 9.59 Å². The number of carbonyl (C=O) groups is 2. The first-order valence-corrected chi connectivity index (χ1v) is 11.7. The molecule has 2 N–H and O–H groups in total. The van der Waals surface area contributed by atoms with Crippen molar-refractivity contribution in [3.05, 3.63) is 33.6 Å². The topological polar surface area (TPSA) is 78.1 Å². The number of aromatic nitrogens is 2. The van der Waals surface area contributed by atoms with Crippen LogP contribution in [0.2, 0.25) is 0 Å². The number of rotatable bonds is 4. The van der Waals surface area contributed by atoms with E-state index in [1.165, 1.54) is 17.8 Å². The van der Waals surface area contributed by atoms with Crippen molar-refractivity contribution in [2.45, 2.75) is 60.4 Å². The molecule has 3 heterocycles. The maximum atomic E-state index is 12.9. The Morgan fingerprint density at radius 2 is 2.00 bits per heavy atom. The zero-order valence-corrected chi connectivity index (χ0v) is 19.4. The van der Waals surface area contributed by atoms with Crippen molar-refractivity contribution in [2.24, 2.45) is 17.3 Å². The van der Waals surface area contributed by atoms with Crippen LogP contribution in [0.5, 0.6) is 0 Å². The SMILES string of the molecule is Cc1c(C(=O)Nc2nc(CN3C[C@H](C)C[C@@H](C)C3)cs2)[nH]c2c1C(=O)CC(C)(C)C2. The number of piperidine rings is 1. The fraction of sp³-hybridized carbons (Fsp3) is 0.609. The summed E-state index contributed by atoms with van der Waals surface area (Å²) in [4.78, 5) is 35.8. The van der Waals surface area contributed by atoms with Gasteiger partial charge in [0.25, 0.3) is 5.91 Å². The summed E-state index contributed by atoms with van der Waals surface area (Å²) in [5.41, 5.74) is 3.72. The van der Waals surface area contributed by atoms with Gasteiger partial charge in [-0.1, -0.05) is 27.7 Å². The Bertz CT molecular complexity index is 964. The van der Waals surface area contributed by atoms with Gasteiger partial charge in [0, 0.05) is 42.7 Å². The first-order chi connectivity index (χ1) is 14.1. The van der Waals surface area contributed by atoms with E-state index in [2.05, 4.69) is 47.9 Å². The molecule has 162 valence electrons. The molecule has 1 aliphatic heterocycles. The number of ketones is 1. The van der Waals surface area contributed by atoms with Crippen molar-refractivity contribution in [2.75, 3.05) is 18.4 Å². The van der Waals surface area contributed by atoms with Gasteiger partial charge in [-0.25, -0.2) is 4.98 Å². The number of carbonyl (C=O) groups excluding carboxylic acids is 2. The number of H-pyrrole nitrogens is 1. The molecular formula is C23H32N4O2S. The number of fused-ring (bicyclic) bond motifs is 1. The Labute approximate surface area is 182 Å². The van der Waals surface area contributed by atoms with Crippen LogP contribution < -0.4 is 5.32 Å². The second kappa shape index (κ2) is 7.93. The summed E-state index contributed by atoms with van der Waals surface area (Å²) in [6, 6.07) is 0. The van der Waals surface area contributed by atoms with Crippen LogP contribution in [0, 0.1) is 24.2 Å². The molecule has 0 unspecified atom stereocenters. The fourth-order valence-corrected chi connectivity index (χ4v) is 5.90. The van der Waals surface area contributed by atoms with Crippen LogP contribution in [0.25, 0.3) is 0 Å². The van der Waals surface area contributed by atoms with Crippen LogP contribution in [0.3, 0.4) is 0 Å². The standard InChI is InChI=1S/C23H32N4O2S/c1-13-6-14(2)10-27(9-13)11-16-12-30-22(24-16)26-21(29)20-15(3)19-17(25-20)7-23(4,5)8-18(19)28/h12-14,25H,6-11H2,1-5H3,(H,24,26,29)/t13-,14-/m1/s1. The normalized spacial score (nSPS) is 24.0. The van der Waals surface area contributed by atoms with Crippen LogP contribution in [0.1, 0.15) is 78.3 Å². The third kappa shape index (κ3) is 4.37. The third-order valence-electron chi connectivity index (χ3n) is 6.23. The summed E-state index contributed by atoms with van der Waals surface area (Å²) in [5, 5.41) is 5.56. The summed E-state index contributed by atoms with van der Waals surface area (Å²) in [5.74, 6) is 1.31. The molecule has 0 aromatic carbocycles. The molecule has 7 heteroatoms. The summed E-state index contributed by atoms with van der Waals surface area (Å²) < 4.78 is 0. The largest absolute Gasteiger partial charge is 0.354 e. The lowest BCUT2D eigenvalue weighted by atomic mass is 9.75. The first-order valence-electron chi connectivity index (χ1n) is 10.8. The summed E-state index contributed by atoms with van der Waals surface area (Å²) in [6.45, 7) is 13.7. The minimum atomic E-state index is -0.228. The van der Waals surface area contributed by atoms with Crippen molar-refractivity contribution in [1.82, 2.24) is 14.9 Å². The van der Waals surface area contributed by atoms with E-state index in [-0.39, 0.29) is 17.1 Å². The Morgan fingerprint density at radius 3 is 2.70 bits per heavy atom. The number of Topliss-reactive ketones (excluding diaryl/α,β-unsaturated/α-hetero) is 1. The van der Waals surface area contributed by atoms with Gasteiger partial charge in [-0.3, -0.25) is 19.8 Å². The number of anilines is 1. The Kier molecular flexibility index (Phi) is 5.62. The third-order valence-corrected chi connectivity index (χ3v) is 7.04. The number of likely N-dealkylation sites (tertiary alicyclic amines) is 1. The number of amides is 1. The molecule has 6 nitrogen and oxygen atoms in total. The second-order valence-electron chi connectivity index (χ2n) is 10.2. The van der Waals surface area contributed by atoms with Crippen LogP contribution in [0.4, 0.5) is 5.13 Å². The van der Waals surface area contributed by atoms with Gasteiger partial charge < -0.3 is 4.98 Å². The molecule has 4 rings (SSSR count). The molecule has 0 bridgehead atoms. The minimum Gasteiger partial charge on any atom is -0.354 e. The van der Waals surface area contributed by atoms with E-state index < -0.39 is 0 Å². The Balaban J connectivity index is 1.45. The minimum absolute atomic E-state index is 0.0806. The molecular weight excluding hydrogens is 396 g/mol. The van der Waals surface area contributed by atoms with Gasteiger partial charge in [0.15, 0.2) is 10.9 Å². The van der Waals surface area contributed by atoms with E-state index in [1.807, 2.05) is 12.3 Å². The molecule has 1 amide bonds. The number of hydrogen-bond acceptors (Lipinski definition) is 5. The molecule has 1 fully saturated rings. The monoisotopic (exact) mass is 428 g/mol. The lowest BCUT2D eigenvalue weighted by molar-refractivity contribution is 0.0910. The highest BCUT2D eigenvalue weighted by atomic mass is 32.1. The maximum Gasteiger partial charge on any atom is 0.274 e. The van der Waals surface area contributed by atoms with Crippen molar-refractivity contribution >= 4 is 28.2 Å². The van der Waals surface area contributed by atoms with Crippen molar-refractivity contribution in [1.29, 1.82) is 0 Å². The predicted molar refractivity (Wildman–Crippen MR) is 120 cm³/mol. The van der Waals surface area contributed by atoms with Gasteiger partial charge in [0.2, 0.25) is 0 Å². The molecule has 1 aliphatic carbocycles. The Hall–Kier alpha value is -1.99. The van der Waals surface area contributed by atoms with Crippen LogP contribution >= 0.6 is 11.3 Å². The van der Waals surface area contributed by atoms with Crippen LogP contribution in [-0.2, 0) is 13.0 Å². The van der Waals surface area contributed by atoms with Crippen molar-refractivity contribution in [3.63, 3.8) is 0 Å². The average Bonchev–Trinajstić information content (AvgIpc) is 3.17. The quantitative estimate of drug-likeness (QED) is 0.742. The van der Waals surface area contributed by atoms with E-state index >= 15 is 0 Å². The summed E-state index contributed by atoms with van der Waals surface area (Å²) in [6.07, 6.45) is 2.58. The van der Waals surface area contributed by atoms with Gasteiger partial charge >= 0.3 is 0 Å². The van der Waals surface area contributed by atoms with Gasteiger partial charge in [-0.15, -0.1) is 11.3 Å². The molecule has 0 saturated carbocycles. The molecule has 0 radical (unpaired) electrons. The number of hydrogen-bond donors (Lipinski definition) is 2. The van der Waals surface area contributed by atoms with Crippen molar-refractivity contribution in [3.8, 4) is 0 Å². The van der Waals surface area contributed by atoms with E-state index in [0.29, 0.717) is 34.6 Å². The van der Waals surface area contributed by atoms with Crippen LogP contribution in [0.15, 0.2) is 5.38 Å². The van der Waals surface area contributed by atoms with Gasteiger partial charge in [-0.05, 0) is 42.6 Å². The van der Waals surface area contributed by atoms with E-state index in [4.69, 9.17) is 0 Å². The first kappa shape index (κ1) is 21.2. The van der Waals surface area contributed by atoms with Gasteiger partial charge in [0.1, 0.15) is 5.69 Å². The zero-order valence-electron chi connectivity index (χ0n) is 18.6. The number of nitrogens with zero attached hydrogens (tertiary/aromatic N) is 2. The molecule has 0 spiro atoms. The fourth-order valence-electron chi connectivity index (χ4n) is 5.21. The van der Waals surface area contributed by atoms with E-state index in [0.717, 1.165) is 43.0 Å². The summed E-state index contributed by atoms with van der Waals surface area (Å²) >= 11 is 1.45. The van der Waals surface area contributed by atoms with Gasteiger partial charge in [-0.2, -0.15) is 0 Å². The molecule has 2 aliphatic rings. The highest BCUT2D eigenvalue weighted by Gasteiger charge is 2.35. The number of thiazole rings is 1. The second-order valence-corrected chi connectivity index (χ2v) is 11.0. The van der Waals surface area contributed by atoms with Crippen LogP contribution in [-0.4, -0.2) is 39.6 Å². The van der Waals surface area contributed by atoms with E-state index in [1.54, 1.807) is 0 Å². The highest BCUT2D eigenvalue weighted by Crippen LogP contribution is 2.37. The molecule has 1 saturated heterocycles. The number of aromatic amines is 1. The van der Waals surface area contributed by atoms with Gasteiger partial charge in [0.05, 0.1) is 5.69 Å². The molecule has 2 aromatic heterocycles. The summed E-state index contributed by atoms with van der Waals surface area (Å²) in [7, 11) is 0. The lowest BCUT2D eigenvalue weighted by Crippen LogP contribution is -2.38. The lowest BCUT2D eigenvalue weighted by Gasteiger charge is -2.34. The Morgan fingerprint density at radius 1 is 1.30 bits per heavy atom. The van der Waals surface area contributed by atoms with Crippen molar-refractivity contribution < 1.29 is 9.59 Å². The molecule has 2 atom stereocenters. The number of nitrogens with one attached hydrogen (secondary N) is 2. The predicted octanol–water partition coefficient (Wildman–Crippen LogP) is 4.66. The molecule has 30 heavy (non-hydrogen) atoms. The average molecular weight is 429 g/mol. The zero-order chi connectivity index (χ0) is 21.6. The smallest absolute Gasteiger partial charge is 0.274 e.